The largest absolute Gasteiger partial charge is 0.329 e. The van der Waals surface area contributed by atoms with Crippen LogP contribution in [0.25, 0.3) is 0 Å². The number of aryl methyl sites for hydroxylation is 2. The fraction of sp³-hybridized carbons (Fsp3) is 0.800. The van der Waals surface area contributed by atoms with Crippen molar-refractivity contribution in [2.75, 3.05) is 19.6 Å². The van der Waals surface area contributed by atoms with Crippen LogP contribution in [0.5, 0.6) is 0 Å². The summed E-state index contributed by atoms with van der Waals surface area (Å²) >= 11 is 0. The van der Waals surface area contributed by atoms with E-state index in [0.29, 0.717) is 12.6 Å². The lowest BCUT2D eigenvalue weighted by Gasteiger charge is -2.32. The quantitative estimate of drug-likeness (QED) is 0.907. The first-order valence-corrected chi connectivity index (χ1v) is 7.72. The van der Waals surface area contributed by atoms with Crippen molar-refractivity contribution < 1.29 is 0 Å². The summed E-state index contributed by atoms with van der Waals surface area (Å²) in [6, 6.07) is 0.349. The van der Waals surface area contributed by atoms with Crippen molar-refractivity contribution >= 4 is 0 Å². The highest BCUT2D eigenvalue weighted by molar-refractivity contribution is 5.22. The molecular formula is C15H28N4. The van der Waals surface area contributed by atoms with Gasteiger partial charge >= 0.3 is 0 Å². The molecule has 0 saturated carbocycles. The summed E-state index contributed by atoms with van der Waals surface area (Å²) in [5.74, 6) is 0. The van der Waals surface area contributed by atoms with Crippen LogP contribution in [0.1, 0.15) is 56.3 Å². The van der Waals surface area contributed by atoms with Gasteiger partial charge < -0.3 is 5.73 Å². The van der Waals surface area contributed by atoms with Gasteiger partial charge in [-0.1, -0.05) is 26.2 Å². The molecule has 1 aliphatic rings. The van der Waals surface area contributed by atoms with E-state index in [0.717, 1.165) is 6.42 Å². The molecule has 0 spiro atoms. The van der Waals surface area contributed by atoms with Crippen LogP contribution in [0.4, 0.5) is 0 Å². The number of likely N-dealkylation sites (tertiary alicyclic amines) is 1. The van der Waals surface area contributed by atoms with E-state index < -0.39 is 0 Å². The lowest BCUT2D eigenvalue weighted by molar-refractivity contribution is 0.183. The zero-order valence-electron chi connectivity index (χ0n) is 12.4. The molecule has 1 atom stereocenters. The molecule has 0 aromatic carbocycles. The zero-order chi connectivity index (χ0) is 13.7. The smallest absolute Gasteiger partial charge is 0.0670 e. The molecule has 2 N–H and O–H groups in total. The maximum Gasteiger partial charge on any atom is 0.0670 e. The molecule has 2 rings (SSSR count). The van der Waals surface area contributed by atoms with Crippen molar-refractivity contribution in [2.45, 2.75) is 51.5 Å². The molecule has 1 fully saturated rings. The van der Waals surface area contributed by atoms with Crippen LogP contribution in [0, 0.1) is 0 Å². The molecule has 1 aromatic rings. The van der Waals surface area contributed by atoms with Gasteiger partial charge in [-0.3, -0.25) is 9.58 Å². The monoisotopic (exact) mass is 264 g/mol. The average molecular weight is 264 g/mol. The maximum absolute atomic E-state index is 6.08. The number of rotatable bonds is 4. The van der Waals surface area contributed by atoms with Crippen molar-refractivity contribution in [1.82, 2.24) is 14.7 Å². The van der Waals surface area contributed by atoms with E-state index >= 15 is 0 Å². The normalized spacial score (nSPS) is 19.9. The molecule has 1 aliphatic heterocycles. The Labute approximate surface area is 117 Å². The second-order valence-corrected chi connectivity index (χ2v) is 5.61. The van der Waals surface area contributed by atoms with Gasteiger partial charge in [0, 0.05) is 25.4 Å². The van der Waals surface area contributed by atoms with E-state index in [2.05, 4.69) is 23.1 Å². The minimum atomic E-state index is 0.349. The Bertz CT molecular complexity index is 377. The van der Waals surface area contributed by atoms with Gasteiger partial charge in [0.1, 0.15) is 0 Å². The number of hydrogen-bond acceptors (Lipinski definition) is 3. The van der Waals surface area contributed by atoms with Crippen LogP contribution in [-0.4, -0.2) is 34.3 Å². The minimum Gasteiger partial charge on any atom is -0.329 e. The lowest BCUT2D eigenvalue weighted by Crippen LogP contribution is -2.36. The Kier molecular flexibility index (Phi) is 5.40. The molecule has 2 heterocycles. The lowest BCUT2D eigenvalue weighted by atomic mass is 10.0. The van der Waals surface area contributed by atoms with Gasteiger partial charge in [0.15, 0.2) is 0 Å². The Balaban J connectivity index is 2.16. The van der Waals surface area contributed by atoms with Crippen LogP contribution < -0.4 is 5.73 Å². The first-order valence-electron chi connectivity index (χ1n) is 7.72. The summed E-state index contributed by atoms with van der Waals surface area (Å²) in [7, 11) is 2.00. The van der Waals surface area contributed by atoms with Gasteiger partial charge in [-0.05, 0) is 32.4 Å². The molecule has 0 bridgehead atoms. The van der Waals surface area contributed by atoms with Crippen molar-refractivity contribution in [3.63, 3.8) is 0 Å². The number of hydrogen-bond donors (Lipinski definition) is 1. The highest BCUT2D eigenvalue weighted by Crippen LogP contribution is 2.25. The van der Waals surface area contributed by atoms with Gasteiger partial charge in [-0.25, -0.2) is 0 Å². The Morgan fingerprint density at radius 2 is 1.84 bits per heavy atom. The Hall–Kier alpha value is -0.870. The van der Waals surface area contributed by atoms with Gasteiger partial charge in [0.2, 0.25) is 0 Å². The number of aromatic nitrogens is 2. The number of nitrogens with zero attached hydrogens (tertiary/aromatic N) is 3. The predicted molar refractivity (Wildman–Crippen MR) is 79.0 cm³/mol. The van der Waals surface area contributed by atoms with Gasteiger partial charge in [-0.15, -0.1) is 0 Å². The van der Waals surface area contributed by atoms with Crippen LogP contribution in [-0.2, 0) is 13.5 Å². The van der Waals surface area contributed by atoms with E-state index in [9.17, 15) is 0 Å². The molecule has 0 amide bonds. The third kappa shape index (κ3) is 3.57. The van der Waals surface area contributed by atoms with Crippen molar-refractivity contribution in [1.29, 1.82) is 0 Å². The molecule has 1 aromatic heterocycles. The maximum atomic E-state index is 6.08. The third-order valence-electron chi connectivity index (χ3n) is 4.19. The second-order valence-electron chi connectivity index (χ2n) is 5.61. The summed E-state index contributed by atoms with van der Waals surface area (Å²) in [5.41, 5.74) is 8.63. The average Bonchev–Trinajstić information content (AvgIpc) is 2.73. The molecule has 4 heteroatoms. The van der Waals surface area contributed by atoms with Crippen LogP contribution in [0.2, 0.25) is 0 Å². The summed E-state index contributed by atoms with van der Waals surface area (Å²) in [5, 5.41) is 4.57. The summed E-state index contributed by atoms with van der Waals surface area (Å²) in [6.07, 6.45) is 9.88. The SMILES string of the molecule is CCc1nn(C)cc1C(CN)N1CCCCCCC1. The van der Waals surface area contributed by atoms with E-state index in [-0.39, 0.29) is 0 Å². The standard InChI is InChI=1S/C15H28N4/c1-3-14-13(12-18(2)17-14)15(11-16)19-9-7-5-4-6-8-10-19/h12,15H,3-11,16H2,1-2H3. The Morgan fingerprint density at radius 1 is 1.21 bits per heavy atom. The minimum absolute atomic E-state index is 0.349. The van der Waals surface area contributed by atoms with Crippen molar-refractivity contribution in [2.24, 2.45) is 12.8 Å². The summed E-state index contributed by atoms with van der Waals surface area (Å²) < 4.78 is 1.93. The summed E-state index contributed by atoms with van der Waals surface area (Å²) in [6.45, 7) is 5.23. The van der Waals surface area contributed by atoms with E-state index in [1.807, 2.05) is 11.7 Å². The van der Waals surface area contributed by atoms with E-state index in [4.69, 9.17) is 5.73 Å². The van der Waals surface area contributed by atoms with Gasteiger partial charge in [-0.2, -0.15) is 5.10 Å². The Morgan fingerprint density at radius 3 is 2.42 bits per heavy atom. The molecule has 1 unspecified atom stereocenters. The van der Waals surface area contributed by atoms with E-state index in [1.165, 1.54) is 56.5 Å². The second kappa shape index (κ2) is 7.06. The van der Waals surface area contributed by atoms with Gasteiger partial charge in [0.05, 0.1) is 11.7 Å². The number of nitrogens with two attached hydrogens (primary N) is 1. The fourth-order valence-electron chi connectivity index (χ4n) is 3.16. The first-order chi connectivity index (χ1) is 9.26. The van der Waals surface area contributed by atoms with Crippen molar-refractivity contribution in [3.8, 4) is 0 Å². The van der Waals surface area contributed by atoms with Crippen molar-refractivity contribution in [3.05, 3.63) is 17.5 Å². The summed E-state index contributed by atoms with van der Waals surface area (Å²) in [4.78, 5) is 2.58. The topological polar surface area (TPSA) is 47.1 Å². The van der Waals surface area contributed by atoms with Crippen LogP contribution >= 0.6 is 0 Å². The van der Waals surface area contributed by atoms with Crippen LogP contribution in [0.3, 0.4) is 0 Å². The highest BCUT2D eigenvalue weighted by Gasteiger charge is 2.23. The predicted octanol–water partition coefficient (Wildman–Crippen LogP) is 2.25. The molecule has 1 saturated heterocycles. The highest BCUT2D eigenvalue weighted by atomic mass is 15.3. The molecule has 108 valence electrons. The molecule has 4 nitrogen and oxygen atoms in total. The van der Waals surface area contributed by atoms with E-state index in [1.54, 1.807) is 0 Å². The zero-order valence-corrected chi connectivity index (χ0v) is 12.4. The molecule has 0 aliphatic carbocycles. The molecule has 19 heavy (non-hydrogen) atoms. The van der Waals surface area contributed by atoms with Crippen LogP contribution in [0.15, 0.2) is 6.20 Å². The molecular weight excluding hydrogens is 236 g/mol. The fourth-order valence-corrected chi connectivity index (χ4v) is 3.16. The van der Waals surface area contributed by atoms with Gasteiger partial charge in [0.25, 0.3) is 0 Å². The molecule has 0 radical (unpaired) electrons. The third-order valence-corrected chi connectivity index (χ3v) is 4.19. The first kappa shape index (κ1) is 14.5.